The van der Waals surface area contributed by atoms with Crippen molar-refractivity contribution in [3.63, 3.8) is 0 Å². The van der Waals surface area contributed by atoms with Crippen molar-refractivity contribution in [2.75, 3.05) is 32.0 Å². The summed E-state index contributed by atoms with van der Waals surface area (Å²) in [6.45, 7) is 3.92. The lowest BCUT2D eigenvalue weighted by Gasteiger charge is -2.33. The zero-order valence-electron chi connectivity index (χ0n) is 13.3. The first-order chi connectivity index (χ1) is 11.8. The number of benzene rings is 1. The Kier molecular flexibility index (Phi) is 6.59. The van der Waals surface area contributed by atoms with Crippen molar-refractivity contribution in [3.05, 3.63) is 41.4 Å². The number of hydrogen-bond acceptors (Lipinski definition) is 7. The lowest BCUT2D eigenvalue weighted by Crippen LogP contribution is -2.47. The van der Waals surface area contributed by atoms with Gasteiger partial charge < -0.3 is 10.1 Å². The summed E-state index contributed by atoms with van der Waals surface area (Å²) in [6, 6.07) is 10.4. The average Bonchev–Trinajstić information content (AvgIpc) is 3.13. The van der Waals surface area contributed by atoms with Crippen LogP contribution in [0.4, 0.5) is 0 Å². The molecule has 0 unspecified atom stereocenters. The van der Waals surface area contributed by atoms with Gasteiger partial charge in [-0.15, -0.1) is 10.2 Å². The van der Waals surface area contributed by atoms with Gasteiger partial charge in [0.25, 0.3) is 0 Å². The first-order valence-corrected chi connectivity index (χ1v) is 9.69. The van der Waals surface area contributed by atoms with Gasteiger partial charge in [-0.25, -0.2) is 0 Å². The van der Waals surface area contributed by atoms with Gasteiger partial charge in [0.15, 0.2) is 4.34 Å². The van der Waals surface area contributed by atoms with Gasteiger partial charge in [0.05, 0.1) is 18.5 Å². The Bertz CT molecular complexity index is 624. The fourth-order valence-electron chi connectivity index (χ4n) is 2.52. The molecule has 1 saturated heterocycles. The molecule has 1 aliphatic rings. The first kappa shape index (κ1) is 17.3. The molecule has 6 nitrogen and oxygen atoms in total. The summed E-state index contributed by atoms with van der Waals surface area (Å²) >= 11 is 2.85. The Labute approximate surface area is 149 Å². The van der Waals surface area contributed by atoms with Crippen LogP contribution in [0.15, 0.2) is 40.2 Å². The molecule has 1 amide bonds. The number of rotatable bonds is 7. The third kappa shape index (κ3) is 5.55. The van der Waals surface area contributed by atoms with Gasteiger partial charge >= 0.3 is 0 Å². The van der Waals surface area contributed by atoms with Gasteiger partial charge in [-0.05, 0) is 5.56 Å². The van der Waals surface area contributed by atoms with Gasteiger partial charge in [0, 0.05) is 26.2 Å². The number of hydrogen-bond donors (Lipinski definition) is 1. The Hall–Kier alpha value is -1.48. The maximum absolute atomic E-state index is 11.9. The van der Waals surface area contributed by atoms with Gasteiger partial charge in [-0.1, -0.05) is 53.4 Å². The smallest absolute Gasteiger partial charge is 0.230 e. The van der Waals surface area contributed by atoms with Crippen molar-refractivity contribution in [1.29, 1.82) is 0 Å². The van der Waals surface area contributed by atoms with E-state index in [1.165, 1.54) is 28.7 Å². The number of aromatic nitrogens is 2. The molecule has 8 heteroatoms. The number of morpholine rings is 1. The number of thioether (sulfide) groups is 1. The highest BCUT2D eigenvalue weighted by Gasteiger charge is 2.21. The van der Waals surface area contributed by atoms with E-state index in [1.807, 2.05) is 6.07 Å². The number of amides is 1. The van der Waals surface area contributed by atoms with Crippen LogP contribution in [-0.2, 0) is 16.1 Å². The quantitative estimate of drug-likeness (QED) is 0.754. The van der Waals surface area contributed by atoms with E-state index < -0.39 is 0 Å². The highest BCUT2D eigenvalue weighted by atomic mass is 32.2. The second-order valence-electron chi connectivity index (χ2n) is 5.51. The molecule has 24 heavy (non-hydrogen) atoms. The topological polar surface area (TPSA) is 67.4 Å². The van der Waals surface area contributed by atoms with Crippen molar-refractivity contribution >= 4 is 29.0 Å². The third-order valence-corrected chi connectivity index (χ3v) is 5.53. The Morgan fingerprint density at radius 3 is 3.08 bits per heavy atom. The summed E-state index contributed by atoms with van der Waals surface area (Å²) in [5.74, 6) is 0.356. The van der Waals surface area contributed by atoms with Crippen LogP contribution in [-0.4, -0.2) is 59.1 Å². The molecule has 0 radical (unpaired) electrons. The standard InChI is InChI=1S/C16H20N4O2S2/c21-15(11-23-16-19-18-12-24-16)17-8-14-10-20(6-7-22-14)9-13-4-2-1-3-5-13/h1-5,12,14H,6-11H2,(H,17,21)/t14-/m0/s1. The number of carbonyl (C=O) groups excluding carboxylic acids is 1. The predicted molar refractivity (Wildman–Crippen MR) is 95.1 cm³/mol. The van der Waals surface area contributed by atoms with Crippen LogP contribution < -0.4 is 5.32 Å². The molecule has 128 valence electrons. The summed E-state index contributed by atoms with van der Waals surface area (Å²) in [7, 11) is 0. The van der Waals surface area contributed by atoms with Crippen molar-refractivity contribution in [2.45, 2.75) is 17.0 Å². The molecule has 3 rings (SSSR count). The molecule has 1 N–H and O–H groups in total. The highest BCUT2D eigenvalue weighted by molar-refractivity contribution is 8.01. The Morgan fingerprint density at radius 2 is 2.29 bits per heavy atom. The Balaban J connectivity index is 1.38. The number of nitrogens with one attached hydrogen (secondary N) is 1. The fourth-order valence-corrected chi connectivity index (χ4v) is 3.84. The molecule has 1 aromatic heterocycles. The molecule has 0 aliphatic carbocycles. The summed E-state index contributed by atoms with van der Waals surface area (Å²) in [5, 5.41) is 10.6. The monoisotopic (exact) mass is 364 g/mol. The van der Waals surface area contributed by atoms with Gasteiger partial charge in [0.2, 0.25) is 5.91 Å². The van der Waals surface area contributed by atoms with Crippen LogP contribution in [0.5, 0.6) is 0 Å². The van der Waals surface area contributed by atoms with Gasteiger partial charge in [0.1, 0.15) is 5.51 Å². The molecule has 1 aliphatic heterocycles. The second-order valence-corrected chi connectivity index (χ2v) is 7.57. The molecule has 0 spiro atoms. The van der Waals surface area contributed by atoms with Crippen LogP contribution in [0, 0.1) is 0 Å². The maximum Gasteiger partial charge on any atom is 0.230 e. The molecule has 2 aromatic rings. The molecule has 1 fully saturated rings. The minimum atomic E-state index is -0.000942. The molecular weight excluding hydrogens is 344 g/mol. The van der Waals surface area contributed by atoms with Crippen molar-refractivity contribution in [1.82, 2.24) is 20.4 Å². The largest absolute Gasteiger partial charge is 0.374 e. The zero-order valence-corrected chi connectivity index (χ0v) is 14.9. The predicted octanol–water partition coefficient (Wildman–Crippen LogP) is 1.65. The first-order valence-electron chi connectivity index (χ1n) is 7.83. The zero-order chi connectivity index (χ0) is 16.6. The van der Waals surface area contributed by atoms with E-state index in [0.717, 1.165) is 24.0 Å². The lowest BCUT2D eigenvalue weighted by atomic mass is 10.2. The number of nitrogens with zero attached hydrogens (tertiary/aromatic N) is 3. The van der Waals surface area contributed by atoms with Crippen LogP contribution >= 0.6 is 23.1 Å². The molecule has 2 heterocycles. The van der Waals surface area contributed by atoms with Crippen LogP contribution in [0.1, 0.15) is 5.56 Å². The number of carbonyl (C=O) groups is 1. The lowest BCUT2D eigenvalue weighted by molar-refractivity contribution is -0.119. The van der Waals surface area contributed by atoms with E-state index in [1.54, 1.807) is 5.51 Å². The summed E-state index contributed by atoms with van der Waals surface area (Å²) < 4.78 is 6.58. The van der Waals surface area contributed by atoms with Crippen molar-refractivity contribution in [3.8, 4) is 0 Å². The molecule has 1 atom stereocenters. The van der Waals surface area contributed by atoms with Gasteiger partial charge in [-0.2, -0.15) is 0 Å². The van der Waals surface area contributed by atoms with E-state index in [-0.39, 0.29) is 12.0 Å². The summed E-state index contributed by atoms with van der Waals surface area (Å²) in [5.41, 5.74) is 2.97. The molecule has 0 bridgehead atoms. The molecular formula is C16H20N4O2S2. The summed E-state index contributed by atoms with van der Waals surface area (Å²) in [4.78, 5) is 14.3. The van der Waals surface area contributed by atoms with Crippen LogP contribution in [0.2, 0.25) is 0 Å². The van der Waals surface area contributed by atoms with E-state index in [9.17, 15) is 4.79 Å². The maximum atomic E-state index is 11.9. The normalized spacial score (nSPS) is 18.4. The van der Waals surface area contributed by atoms with Gasteiger partial charge in [-0.3, -0.25) is 9.69 Å². The minimum Gasteiger partial charge on any atom is -0.374 e. The van der Waals surface area contributed by atoms with Crippen molar-refractivity contribution in [2.24, 2.45) is 0 Å². The molecule has 0 saturated carbocycles. The molecule has 1 aromatic carbocycles. The highest BCUT2D eigenvalue weighted by Crippen LogP contribution is 2.18. The van der Waals surface area contributed by atoms with E-state index in [4.69, 9.17) is 4.74 Å². The van der Waals surface area contributed by atoms with Crippen LogP contribution in [0.3, 0.4) is 0 Å². The van der Waals surface area contributed by atoms with Crippen LogP contribution in [0.25, 0.3) is 0 Å². The SMILES string of the molecule is O=C(CSc1nncs1)NC[C@H]1CN(Cc2ccccc2)CCO1. The fraction of sp³-hybridized carbons (Fsp3) is 0.438. The minimum absolute atomic E-state index is 0.000942. The summed E-state index contributed by atoms with van der Waals surface area (Å²) in [6.07, 6.45) is 0.0398. The van der Waals surface area contributed by atoms with E-state index >= 15 is 0 Å². The average molecular weight is 364 g/mol. The third-order valence-electron chi connectivity index (χ3n) is 3.67. The van der Waals surface area contributed by atoms with E-state index in [0.29, 0.717) is 18.9 Å². The van der Waals surface area contributed by atoms with Crippen molar-refractivity contribution < 1.29 is 9.53 Å². The number of ether oxygens (including phenoxy) is 1. The van der Waals surface area contributed by atoms with E-state index in [2.05, 4.69) is 44.7 Å². The second kappa shape index (κ2) is 9.12. The Morgan fingerprint density at radius 1 is 1.42 bits per heavy atom.